The number of unbranched alkanes of at least 4 members (excludes halogenated alkanes) is 11. The Hall–Kier alpha value is -1.89. The summed E-state index contributed by atoms with van der Waals surface area (Å²) in [7, 11) is 0. The maximum atomic E-state index is 13.3. The number of carbonyl (C=O) groups excluding carboxylic acids is 3. The first-order valence-electron chi connectivity index (χ1n) is 21.3. The number of allylic oxidation sites excluding steroid dienone is 2. The number of rotatable bonds is 28. The molecule has 0 N–H and O–H groups in total. The van der Waals surface area contributed by atoms with E-state index in [1.54, 1.807) is 0 Å². The zero-order chi connectivity index (χ0) is 35.3. The van der Waals surface area contributed by atoms with Crippen LogP contribution in [0.2, 0.25) is 0 Å². The molecule has 1 aliphatic heterocycles. The number of ether oxygens (including phenoxy) is 3. The van der Waals surface area contributed by atoms with Gasteiger partial charge in [-0.3, -0.25) is 9.59 Å². The molecule has 7 heteroatoms. The molecular weight excluding hydrogens is 626 g/mol. The van der Waals surface area contributed by atoms with E-state index in [0.717, 1.165) is 69.5 Å². The lowest BCUT2D eigenvalue weighted by atomic mass is 9.48. The summed E-state index contributed by atoms with van der Waals surface area (Å²) in [6.45, 7) is 6.09. The van der Waals surface area contributed by atoms with Crippen molar-refractivity contribution in [3.8, 4) is 0 Å². The molecule has 4 saturated carbocycles. The van der Waals surface area contributed by atoms with Crippen LogP contribution in [0.15, 0.2) is 12.2 Å². The van der Waals surface area contributed by atoms with Gasteiger partial charge < -0.3 is 19.1 Å². The minimum atomic E-state index is -0.670. The molecule has 1 unspecified atom stereocenters. The number of ketones is 1. The van der Waals surface area contributed by atoms with E-state index in [9.17, 15) is 14.4 Å². The van der Waals surface area contributed by atoms with Crippen LogP contribution in [0.1, 0.15) is 174 Å². The fraction of sp³-hybridized carbons (Fsp3) is 0.884. The van der Waals surface area contributed by atoms with Gasteiger partial charge in [0.05, 0.1) is 13.2 Å². The first kappa shape index (κ1) is 40.9. The van der Waals surface area contributed by atoms with Crippen molar-refractivity contribution in [3.05, 3.63) is 12.2 Å². The summed E-state index contributed by atoms with van der Waals surface area (Å²) in [5, 5.41) is 0. The largest absolute Gasteiger partial charge is 0.508 e. The highest BCUT2D eigenvalue weighted by molar-refractivity contribution is 5.79. The van der Waals surface area contributed by atoms with Gasteiger partial charge >= 0.3 is 12.1 Å². The standard InChI is InChI=1S/C43H73NO6/c1-2-3-4-5-6-7-8-9-10-11-12-13-14-15-16-20-41(46)49-34-36(35-50-42(47)48-26-19-25-44-23-17-18-24-44)21-22-40(45)33-43-30-37-27-38(31-43)29-39(28-37)32-43/h9-10,36-39H,2-8,11-35H2,1H3/b10-9+/t36?,37-,38-,39-,43?. The number of likely N-dealkylation sites (tertiary alicyclic amines) is 1. The Morgan fingerprint density at radius 3 is 1.92 bits per heavy atom. The van der Waals surface area contributed by atoms with Gasteiger partial charge in [-0.05, 0) is 133 Å². The molecule has 50 heavy (non-hydrogen) atoms. The Labute approximate surface area is 305 Å². The lowest BCUT2D eigenvalue weighted by molar-refractivity contribution is -0.145. The van der Waals surface area contributed by atoms with E-state index in [4.69, 9.17) is 14.2 Å². The molecule has 4 bridgehead atoms. The van der Waals surface area contributed by atoms with Gasteiger partial charge in [0.2, 0.25) is 0 Å². The molecule has 0 aromatic carbocycles. The number of carbonyl (C=O) groups is 3. The minimum absolute atomic E-state index is 0.107. The third-order valence-electron chi connectivity index (χ3n) is 12.2. The third-order valence-corrected chi connectivity index (χ3v) is 12.2. The maximum absolute atomic E-state index is 13.3. The fourth-order valence-electron chi connectivity index (χ4n) is 9.89. The molecule has 0 amide bonds. The summed E-state index contributed by atoms with van der Waals surface area (Å²) in [4.78, 5) is 40.7. The average molecular weight is 700 g/mol. The second-order valence-electron chi connectivity index (χ2n) is 16.9. The highest BCUT2D eigenvalue weighted by Gasteiger charge is 2.51. The molecule has 0 spiro atoms. The van der Waals surface area contributed by atoms with E-state index < -0.39 is 6.16 Å². The van der Waals surface area contributed by atoms with E-state index in [1.165, 1.54) is 109 Å². The molecule has 5 fully saturated rings. The summed E-state index contributed by atoms with van der Waals surface area (Å²) >= 11 is 0. The van der Waals surface area contributed by atoms with Crippen LogP contribution in [0, 0.1) is 29.1 Å². The quantitative estimate of drug-likeness (QED) is 0.0457. The van der Waals surface area contributed by atoms with E-state index in [1.807, 2.05) is 0 Å². The topological polar surface area (TPSA) is 82.1 Å². The Kier molecular flexibility index (Phi) is 19.3. The van der Waals surface area contributed by atoms with Gasteiger partial charge in [-0.2, -0.15) is 0 Å². The van der Waals surface area contributed by atoms with Crippen LogP contribution in [0.4, 0.5) is 4.79 Å². The first-order valence-corrected chi connectivity index (χ1v) is 21.3. The lowest BCUT2D eigenvalue weighted by Crippen LogP contribution is -2.46. The first-order chi connectivity index (χ1) is 24.4. The monoisotopic (exact) mass is 700 g/mol. The summed E-state index contributed by atoms with van der Waals surface area (Å²) in [5.74, 6) is 2.41. The summed E-state index contributed by atoms with van der Waals surface area (Å²) < 4.78 is 16.5. The third kappa shape index (κ3) is 16.2. The molecule has 0 aromatic rings. The van der Waals surface area contributed by atoms with Crippen LogP contribution < -0.4 is 0 Å². The molecule has 1 heterocycles. The number of nitrogens with zero attached hydrogens (tertiary/aromatic N) is 1. The molecule has 0 radical (unpaired) electrons. The Balaban J connectivity index is 1.08. The van der Waals surface area contributed by atoms with Crippen molar-refractivity contribution < 1.29 is 28.6 Å². The molecule has 4 aliphatic carbocycles. The summed E-state index contributed by atoms with van der Waals surface area (Å²) in [6, 6.07) is 0. The highest BCUT2D eigenvalue weighted by atomic mass is 16.7. The van der Waals surface area contributed by atoms with Crippen LogP contribution in [-0.4, -0.2) is 62.3 Å². The van der Waals surface area contributed by atoms with Crippen LogP contribution >= 0.6 is 0 Å². The van der Waals surface area contributed by atoms with Gasteiger partial charge in [0.1, 0.15) is 12.4 Å². The SMILES string of the molecule is CCCCCCCC/C=C/CCCCCCCC(=O)OCC(CCC(=O)CC12C[C@H]3C[C@H](C1)C[C@@H](C2)C3)COC(=O)OCCCN1CCCC1. The minimum Gasteiger partial charge on any atom is -0.465 e. The second kappa shape index (κ2) is 23.6. The molecule has 1 atom stereocenters. The van der Waals surface area contributed by atoms with Crippen LogP contribution in [-0.2, 0) is 23.8 Å². The molecule has 286 valence electrons. The van der Waals surface area contributed by atoms with E-state index in [2.05, 4.69) is 24.0 Å². The molecule has 5 aliphatic rings. The van der Waals surface area contributed by atoms with E-state index in [0.29, 0.717) is 38.1 Å². The van der Waals surface area contributed by atoms with Crippen molar-refractivity contribution in [1.29, 1.82) is 0 Å². The van der Waals surface area contributed by atoms with Gasteiger partial charge in [0.15, 0.2) is 0 Å². The number of esters is 1. The van der Waals surface area contributed by atoms with Gasteiger partial charge in [0.25, 0.3) is 0 Å². The summed E-state index contributed by atoms with van der Waals surface area (Å²) in [5.41, 5.74) is 0.229. The normalized spacial score (nSPS) is 24.9. The van der Waals surface area contributed by atoms with Crippen LogP contribution in [0.3, 0.4) is 0 Å². The number of hydrogen-bond donors (Lipinski definition) is 0. The van der Waals surface area contributed by atoms with Crippen molar-refractivity contribution >= 4 is 17.9 Å². The Bertz CT molecular complexity index is 968. The van der Waals surface area contributed by atoms with Crippen molar-refractivity contribution in [1.82, 2.24) is 4.90 Å². The van der Waals surface area contributed by atoms with Crippen LogP contribution in [0.5, 0.6) is 0 Å². The van der Waals surface area contributed by atoms with Gasteiger partial charge in [-0.1, -0.05) is 70.4 Å². The zero-order valence-electron chi connectivity index (χ0n) is 32.0. The average Bonchev–Trinajstić information content (AvgIpc) is 3.61. The molecule has 0 aromatic heterocycles. The predicted octanol–water partition coefficient (Wildman–Crippen LogP) is 10.8. The van der Waals surface area contributed by atoms with Crippen molar-refractivity contribution in [2.45, 2.75) is 174 Å². The van der Waals surface area contributed by atoms with E-state index in [-0.39, 0.29) is 30.5 Å². The van der Waals surface area contributed by atoms with Gasteiger partial charge in [-0.15, -0.1) is 0 Å². The lowest BCUT2D eigenvalue weighted by Gasteiger charge is -2.56. The second-order valence-corrected chi connectivity index (χ2v) is 16.9. The zero-order valence-corrected chi connectivity index (χ0v) is 32.0. The molecule has 1 saturated heterocycles. The highest BCUT2D eigenvalue weighted by Crippen LogP contribution is 2.61. The van der Waals surface area contributed by atoms with Crippen molar-refractivity contribution in [3.63, 3.8) is 0 Å². The Morgan fingerprint density at radius 2 is 1.28 bits per heavy atom. The Morgan fingerprint density at radius 1 is 0.700 bits per heavy atom. The van der Waals surface area contributed by atoms with Crippen molar-refractivity contribution in [2.24, 2.45) is 29.1 Å². The molecular formula is C43H73NO6. The predicted molar refractivity (Wildman–Crippen MR) is 201 cm³/mol. The summed E-state index contributed by atoms with van der Waals surface area (Å²) in [6.07, 6.45) is 33.2. The van der Waals surface area contributed by atoms with Crippen LogP contribution in [0.25, 0.3) is 0 Å². The smallest absolute Gasteiger partial charge is 0.465 e. The van der Waals surface area contributed by atoms with E-state index >= 15 is 0 Å². The van der Waals surface area contributed by atoms with Gasteiger partial charge in [0, 0.05) is 31.7 Å². The fourth-order valence-corrected chi connectivity index (χ4v) is 9.89. The number of hydrogen-bond acceptors (Lipinski definition) is 7. The van der Waals surface area contributed by atoms with Crippen molar-refractivity contribution in [2.75, 3.05) is 39.5 Å². The molecule has 5 rings (SSSR count). The van der Waals surface area contributed by atoms with Gasteiger partial charge in [-0.25, -0.2) is 4.79 Å². The number of Topliss-reactive ketones (excluding diaryl/α,β-unsaturated/α-hetero) is 1. The maximum Gasteiger partial charge on any atom is 0.508 e. The molecule has 7 nitrogen and oxygen atoms in total.